The highest BCUT2D eigenvalue weighted by molar-refractivity contribution is 5.83. The van der Waals surface area contributed by atoms with Crippen molar-refractivity contribution in [1.29, 1.82) is 5.26 Å². The Labute approximate surface area is 125 Å². The molecule has 0 saturated carbocycles. The number of aromatic amines is 1. The second-order valence-corrected chi connectivity index (χ2v) is 5.68. The number of aromatic nitrogens is 1. The van der Waals surface area contributed by atoms with Gasteiger partial charge in [-0.2, -0.15) is 5.26 Å². The van der Waals surface area contributed by atoms with Crippen LogP contribution >= 0.6 is 0 Å². The molecule has 0 spiro atoms. The lowest BCUT2D eigenvalue weighted by Gasteiger charge is -2.31. The van der Waals surface area contributed by atoms with Crippen molar-refractivity contribution in [2.45, 2.75) is 32.2 Å². The van der Waals surface area contributed by atoms with Crippen LogP contribution in [0.3, 0.4) is 0 Å². The first kappa shape index (κ1) is 13.9. The molecule has 0 radical (unpaired) electrons. The predicted molar refractivity (Wildman–Crippen MR) is 86.0 cm³/mol. The molecule has 0 aliphatic carbocycles. The average molecular weight is 279 g/mol. The largest absolute Gasteiger partial charge is 0.361 e. The molecular weight excluding hydrogens is 258 g/mol. The van der Waals surface area contributed by atoms with Gasteiger partial charge in [0.15, 0.2) is 0 Å². The van der Waals surface area contributed by atoms with Gasteiger partial charge in [0.05, 0.1) is 6.07 Å². The zero-order valence-corrected chi connectivity index (χ0v) is 12.5. The summed E-state index contributed by atoms with van der Waals surface area (Å²) in [7, 11) is 0. The molecule has 1 aliphatic heterocycles. The van der Waals surface area contributed by atoms with Crippen molar-refractivity contribution in [2.24, 2.45) is 0 Å². The molecule has 108 valence electrons. The van der Waals surface area contributed by atoms with Gasteiger partial charge in [0.1, 0.15) is 6.04 Å². The van der Waals surface area contributed by atoms with Crippen LogP contribution in [-0.4, -0.2) is 29.0 Å². The Hall–Kier alpha value is -2.05. The summed E-state index contributed by atoms with van der Waals surface area (Å²) < 4.78 is 0. The summed E-state index contributed by atoms with van der Waals surface area (Å²) in [6.45, 7) is 4.07. The first-order valence-corrected chi connectivity index (χ1v) is 7.68. The van der Waals surface area contributed by atoms with Crippen LogP contribution in [0.5, 0.6) is 0 Å². The lowest BCUT2D eigenvalue weighted by Crippen LogP contribution is -2.39. The van der Waals surface area contributed by atoms with Crippen LogP contribution in [0, 0.1) is 11.3 Å². The number of hydrogen-bond acceptors (Lipinski definition) is 2. The minimum Gasteiger partial charge on any atom is -0.361 e. The van der Waals surface area contributed by atoms with Crippen molar-refractivity contribution in [3.8, 4) is 6.07 Å². The van der Waals surface area contributed by atoms with E-state index in [-0.39, 0.29) is 6.04 Å². The summed E-state index contributed by atoms with van der Waals surface area (Å²) in [4.78, 5) is 5.65. The number of rotatable bonds is 4. The molecule has 0 fully saturated rings. The molecule has 1 aliphatic rings. The molecule has 1 unspecified atom stereocenters. The van der Waals surface area contributed by atoms with E-state index in [2.05, 4.69) is 59.4 Å². The molecule has 1 atom stereocenters. The molecule has 21 heavy (non-hydrogen) atoms. The summed E-state index contributed by atoms with van der Waals surface area (Å²) in [5, 5.41) is 10.6. The Morgan fingerprint density at radius 2 is 2.24 bits per heavy atom. The number of nitrogens with one attached hydrogen (secondary N) is 1. The van der Waals surface area contributed by atoms with E-state index in [0.29, 0.717) is 0 Å². The van der Waals surface area contributed by atoms with Crippen LogP contribution in [0.4, 0.5) is 0 Å². The number of benzene rings is 1. The van der Waals surface area contributed by atoms with Crippen molar-refractivity contribution in [2.75, 3.05) is 13.1 Å². The summed E-state index contributed by atoms with van der Waals surface area (Å²) in [6.07, 6.45) is 7.29. The SMILES string of the molecule is CCC1=CCC(C#N)N(CCc2c[nH]c3ccccc23)C1. The molecule has 0 amide bonds. The maximum Gasteiger partial charge on any atom is 0.102 e. The minimum absolute atomic E-state index is 0.0329. The van der Waals surface area contributed by atoms with Crippen LogP contribution in [-0.2, 0) is 6.42 Å². The van der Waals surface area contributed by atoms with Crippen molar-refractivity contribution in [3.63, 3.8) is 0 Å². The Balaban J connectivity index is 1.72. The highest BCUT2D eigenvalue weighted by Gasteiger charge is 2.22. The van der Waals surface area contributed by atoms with Gasteiger partial charge in [-0.15, -0.1) is 0 Å². The standard InChI is InChI=1S/C18H21N3/c1-2-14-7-8-16(11-19)21(13-14)10-9-15-12-20-18-6-4-3-5-17(15)18/h3-7,12,16,20H,2,8-10,13H2,1H3. The van der Waals surface area contributed by atoms with Crippen molar-refractivity contribution in [3.05, 3.63) is 47.7 Å². The lowest BCUT2D eigenvalue weighted by molar-refractivity contribution is 0.243. The van der Waals surface area contributed by atoms with Gasteiger partial charge in [-0.25, -0.2) is 0 Å². The predicted octanol–water partition coefficient (Wildman–Crippen LogP) is 3.64. The molecule has 2 heterocycles. The van der Waals surface area contributed by atoms with Gasteiger partial charge in [0.25, 0.3) is 0 Å². The third kappa shape index (κ3) is 2.86. The van der Waals surface area contributed by atoms with E-state index >= 15 is 0 Å². The van der Waals surface area contributed by atoms with E-state index < -0.39 is 0 Å². The quantitative estimate of drug-likeness (QED) is 0.868. The maximum atomic E-state index is 9.32. The number of nitriles is 1. The summed E-state index contributed by atoms with van der Waals surface area (Å²) in [5.41, 5.74) is 3.99. The second kappa shape index (κ2) is 6.15. The van der Waals surface area contributed by atoms with Gasteiger partial charge >= 0.3 is 0 Å². The smallest absolute Gasteiger partial charge is 0.102 e. The van der Waals surface area contributed by atoms with Crippen LogP contribution in [0.1, 0.15) is 25.3 Å². The normalized spacial score (nSPS) is 19.4. The monoisotopic (exact) mass is 279 g/mol. The minimum atomic E-state index is 0.0329. The summed E-state index contributed by atoms with van der Waals surface area (Å²) in [5.74, 6) is 0. The Kier molecular flexibility index (Phi) is 4.08. The first-order valence-electron chi connectivity index (χ1n) is 7.68. The van der Waals surface area contributed by atoms with Gasteiger partial charge in [-0.3, -0.25) is 4.90 Å². The molecule has 1 aromatic carbocycles. The molecule has 1 N–H and O–H groups in total. The number of fused-ring (bicyclic) bond motifs is 1. The maximum absolute atomic E-state index is 9.32. The molecule has 0 bridgehead atoms. The summed E-state index contributed by atoms with van der Waals surface area (Å²) in [6, 6.07) is 10.9. The lowest BCUT2D eigenvalue weighted by atomic mass is 10.0. The van der Waals surface area contributed by atoms with Crippen molar-refractivity contribution >= 4 is 10.9 Å². The fourth-order valence-corrected chi connectivity index (χ4v) is 3.09. The Bertz CT molecular complexity index is 690. The fraction of sp³-hybridized carbons (Fsp3) is 0.389. The van der Waals surface area contributed by atoms with Crippen molar-refractivity contribution in [1.82, 2.24) is 9.88 Å². The highest BCUT2D eigenvalue weighted by Crippen LogP contribution is 2.21. The molecule has 2 aromatic rings. The van der Waals surface area contributed by atoms with Crippen LogP contribution in [0.2, 0.25) is 0 Å². The summed E-state index contributed by atoms with van der Waals surface area (Å²) >= 11 is 0. The number of para-hydroxylation sites is 1. The van der Waals surface area contributed by atoms with E-state index in [1.54, 1.807) is 0 Å². The third-order valence-corrected chi connectivity index (χ3v) is 4.42. The van der Waals surface area contributed by atoms with Gasteiger partial charge in [-0.05, 0) is 30.9 Å². The number of H-pyrrole nitrogens is 1. The van der Waals surface area contributed by atoms with Gasteiger partial charge in [-0.1, -0.05) is 36.8 Å². The molecule has 3 heteroatoms. The third-order valence-electron chi connectivity index (χ3n) is 4.42. The molecule has 0 saturated heterocycles. The van der Waals surface area contributed by atoms with E-state index in [1.165, 1.54) is 22.0 Å². The van der Waals surface area contributed by atoms with Gasteiger partial charge in [0.2, 0.25) is 0 Å². The van der Waals surface area contributed by atoms with Gasteiger partial charge < -0.3 is 4.98 Å². The number of hydrogen-bond donors (Lipinski definition) is 1. The van der Waals surface area contributed by atoms with Crippen LogP contribution in [0.15, 0.2) is 42.1 Å². The zero-order valence-electron chi connectivity index (χ0n) is 12.5. The van der Waals surface area contributed by atoms with E-state index in [9.17, 15) is 5.26 Å². The second-order valence-electron chi connectivity index (χ2n) is 5.68. The Morgan fingerprint density at radius 1 is 1.38 bits per heavy atom. The zero-order chi connectivity index (χ0) is 14.7. The van der Waals surface area contributed by atoms with Gasteiger partial charge in [0, 0.05) is 30.2 Å². The molecule has 1 aromatic heterocycles. The Morgan fingerprint density at radius 3 is 3.05 bits per heavy atom. The van der Waals surface area contributed by atoms with Crippen LogP contribution in [0.25, 0.3) is 10.9 Å². The molecule has 3 rings (SSSR count). The topological polar surface area (TPSA) is 42.8 Å². The first-order chi connectivity index (χ1) is 10.3. The highest BCUT2D eigenvalue weighted by atomic mass is 15.2. The van der Waals surface area contributed by atoms with E-state index in [0.717, 1.165) is 32.4 Å². The molecule has 3 nitrogen and oxygen atoms in total. The molecular formula is C18H21N3. The number of nitrogens with zero attached hydrogens (tertiary/aromatic N) is 2. The average Bonchev–Trinajstić information content (AvgIpc) is 2.96. The van der Waals surface area contributed by atoms with Crippen molar-refractivity contribution < 1.29 is 0 Å². The van der Waals surface area contributed by atoms with E-state index in [4.69, 9.17) is 0 Å². The van der Waals surface area contributed by atoms with E-state index in [1.807, 2.05) is 0 Å². The fourth-order valence-electron chi connectivity index (χ4n) is 3.09. The van der Waals surface area contributed by atoms with Crippen LogP contribution < -0.4 is 0 Å².